The highest BCUT2D eigenvalue weighted by Gasteiger charge is 2.35. The fraction of sp³-hybridized carbons (Fsp3) is 0.538. The van der Waals surface area contributed by atoms with E-state index in [0.29, 0.717) is 6.42 Å². The van der Waals surface area contributed by atoms with Crippen molar-refractivity contribution in [3.63, 3.8) is 0 Å². The van der Waals surface area contributed by atoms with Gasteiger partial charge in [-0.15, -0.1) is 0 Å². The van der Waals surface area contributed by atoms with Gasteiger partial charge in [-0.1, -0.05) is 25.1 Å². The summed E-state index contributed by atoms with van der Waals surface area (Å²) in [6.45, 7) is 2.66. The molecule has 88 valence electrons. The Balaban J connectivity index is 2.23. The van der Waals surface area contributed by atoms with Crippen LogP contribution in [0.2, 0.25) is 0 Å². The van der Waals surface area contributed by atoms with E-state index in [1.807, 2.05) is 29.2 Å². The molecule has 0 aromatic heterocycles. The van der Waals surface area contributed by atoms with E-state index in [2.05, 4.69) is 6.92 Å². The second kappa shape index (κ2) is 4.40. The Morgan fingerprint density at radius 1 is 1.31 bits per heavy atom. The highest BCUT2D eigenvalue weighted by Crippen LogP contribution is 2.31. The topological polar surface area (TPSA) is 3.24 Å². The fourth-order valence-corrected chi connectivity index (χ4v) is 2.29. The van der Waals surface area contributed by atoms with Crippen molar-refractivity contribution in [1.82, 2.24) is 0 Å². The Morgan fingerprint density at radius 2 is 2.06 bits per heavy atom. The predicted molar refractivity (Wildman–Crippen MR) is 62.2 cm³/mol. The Labute approximate surface area is 95.1 Å². The molecule has 0 N–H and O–H groups in total. The van der Waals surface area contributed by atoms with E-state index >= 15 is 0 Å². The van der Waals surface area contributed by atoms with Gasteiger partial charge in [0.15, 0.2) is 0 Å². The molecule has 0 spiro atoms. The minimum absolute atomic E-state index is 0.0256. The van der Waals surface area contributed by atoms with Crippen molar-refractivity contribution in [2.75, 3.05) is 18.0 Å². The number of nitrogens with zero attached hydrogens (tertiary/aromatic N) is 1. The third kappa shape index (κ3) is 2.34. The lowest BCUT2D eigenvalue weighted by atomic mass is 10.0. The molecule has 1 nitrogen and oxygen atoms in total. The summed E-state index contributed by atoms with van der Waals surface area (Å²) < 4.78 is 26.7. The number of hydrogen-bond acceptors (Lipinski definition) is 1. The van der Waals surface area contributed by atoms with Gasteiger partial charge in [-0.2, -0.15) is 0 Å². The molecule has 0 radical (unpaired) electrons. The summed E-state index contributed by atoms with van der Waals surface area (Å²) in [5, 5.41) is 0. The first-order chi connectivity index (χ1) is 7.62. The number of rotatable bonds is 2. The van der Waals surface area contributed by atoms with Crippen LogP contribution in [0.4, 0.5) is 14.5 Å². The molecule has 1 aliphatic heterocycles. The van der Waals surface area contributed by atoms with Crippen LogP contribution in [0, 0.1) is 0 Å². The normalized spacial score (nSPS) is 19.8. The Bertz CT molecular complexity index is 363. The molecule has 16 heavy (non-hydrogen) atoms. The van der Waals surface area contributed by atoms with Crippen molar-refractivity contribution < 1.29 is 8.78 Å². The molecule has 1 aromatic carbocycles. The average molecular weight is 225 g/mol. The molecule has 1 aliphatic rings. The Hall–Kier alpha value is -1.12. The van der Waals surface area contributed by atoms with Crippen LogP contribution >= 0.6 is 0 Å². The molecule has 1 fully saturated rings. The van der Waals surface area contributed by atoms with Crippen LogP contribution in [0.5, 0.6) is 0 Å². The molecule has 0 aliphatic carbocycles. The maximum atomic E-state index is 13.3. The van der Waals surface area contributed by atoms with Crippen LogP contribution in [0.1, 0.15) is 25.3 Å². The quantitative estimate of drug-likeness (QED) is 0.744. The van der Waals surface area contributed by atoms with E-state index in [1.165, 1.54) is 0 Å². The lowest BCUT2D eigenvalue weighted by molar-refractivity contribution is -0.0117. The molecular weight excluding hydrogens is 208 g/mol. The van der Waals surface area contributed by atoms with Gasteiger partial charge in [0.25, 0.3) is 5.92 Å². The molecule has 1 heterocycles. The number of aryl methyl sites for hydroxylation is 1. The third-order valence-corrected chi connectivity index (χ3v) is 3.11. The molecular formula is C13H17F2N. The molecule has 0 unspecified atom stereocenters. The molecule has 1 saturated heterocycles. The standard InChI is InChI=1S/C13H17F2N/c1-2-11-6-3-4-7-12(11)16-9-5-8-13(14,15)10-16/h3-4,6-7H,2,5,8-10H2,1H3. The monoisotopic (exact) mass is 225 g/mol. The van der Waals surface area contributed by atoms with Gasteiger partial charge >= 0.3 is 0 Å². The minimum Gasteiger partial charge on any atom is -0.365 e. The van der Waals surface area contributed by atoms with Crippen molar-refractivity contribution in [2.45, 2.75) is 32.1 Å². The van der Waals surface area contributed by atoms with E-state index in [-0.39, 0.29) is 13.0 Å². The van der Waals surface area contributed by atoms with E-state index in [4.69, 9.17) is 0 Å². The zero-order chi connectivity index (χ0) is 11.6. The molecule has 0 amide bonds. The molecule has 2 rings (SSSR count). The maximum absolute atomic E-state index is 13.3. The number of para-hydroxylation sites is 1. The number of halogens is 2. The number of benzene rings is 1. The number of hydrogen-bond donors (Lipinski definition) is 0. The first-order valence-corrected chi connectivity index (χ1v) is 5.83. The highest BCUT2D eigenvalue weighted by molar-refractivity contribution is 5.54. The van der Waals surface area contributed by atoms with Crippen molar-refractivity contribution in [2.24, 2.45) is 0 Å². The van der Waals surface area contributed by atoms with Gasteiger partial charge in [0, 0.05) is 18.7 Å². The second-order valence-electron chi connectivity index (χ2n) is 4.36. The van der Waals surface area contributed by atoms with Gasteiger partial charge in [0.1, 0.15) is 0 Å². The van der Waals surface area contributed by atoms with Crippen molar-refractivity contribution in [3.05, 3.63) is 29.8 Å². The van der Waals surface area contributed by atoms with Gasteiger partial charge in [-0.05, 0) is 24.5 Å². The summed E-state index contributed by atoms with van der Waals surface area (Å²) in [6, 6.07) is 7.84. The van der Waals surface area contributed by atoms with Crippen LogP contribution < -0.4 is 4.90 Å². The van der Waals surface area contributed by atoms with E-state index in [0.717, 1.165) is 24.2 Å². The summed E-state index contributed by atoms with van der Waals surface area (Å²) in [5.41, 5.74) is 2.13. The van der Waals surface area contributed by atoms with Gasteiger partial charge in [0.2, 0.25) is 0 Å². The molecule has 0 atom stereocenters. The lowest BCUT2D eigenvalue weighted by Crippen LogP contribution is -2.43. The number of piperidine rings is 1. The zero-order valence-corrected chi connectivity index (χ0v) is 9.55. The average Bonchev–Trinajstić information content (AvgIpc) is 2.27. The van der Waals surface area contributed by atoms with Gasteiger partial charge in [-0.3, -0.25) is 0 Å². The predicted octanol–water partition coefficient (Wildman–Crippen LogP) is 3.48. The summed E-state index contributed by atoms with van der Waals surface area (Å²) in [4.78, 5) is 1.82. The van der Waals surface area contributed by atoms with E-state index in [9.17, 15) is 8.78 Å². The summed E-state index contributed by atoms with van der Waals surface area (Å²) in [5.74, 6) is -2.53. The van der Waals surface area contributed by atoms with Crippen molar-refractivity contribution in [3.8, 4) is 0 Å². The maximum Gasteiger partial charge on any atom is 0.265 e. The highest BCUT2D eigenvalue weighted by atomic mass is 19.3. The lowest BCUT2D eigenvalue weighted by Gasteiger charge is -2.35. The second-order valence-corrected chi connectivity index (χ2v) is 4.36. The molecule has 1 aromatic rings. The van der Waals surface area contributed by atoms with Crippen LogP contribution in [0.15, 0.2) is 24.3 Å². The van der Waals surface area contributed by atoms with E-state index in [1.54, 1.807) is 0 Å². The van der Waals surface area contributed by atoms with Crippen LogP contribution in [-0.2, 0) is 6.42 Å². The van der Waals surface area contributed by atoms with Crippen molar-refractivity contribution >= 4 is 5.69 Å². The van der Waals surface area contributed by atoms with Crippen molar-refractivity contribution in [1.29, 1.82) is 0 Å². The third-order valence-electron chi connectivity index (χ3n) is 3.11. The summed E-state index contributed by atoms with van der Waals surface area (Å²) >= 11 is 0. The molecule has 0 bridgehead atoms. The van der Waals surface area contributed by atoms with Gasteiger partial charge < -0.3 is 4.90 Å². The van der Waals surface area contributed by atoms with Crippen LogP contribution in [0.3, 0.4) is 0 Å². The fourth-order valence-electron chi connectivity index (χ4n) is 2.29. The smallest absolute Gasteiger partial charge is 0.265 e. The van der Waals surface area contributed by atoms with E-state index < -0.39 is 5.92 Å². The van der Waals surface area contributed by atoms with Gasteiger partial charge in [0.05, 0.1) is 6.54 Å². The Morgan fingerprint density at radius 3 is 2.75 bits per heavy atom. The summed E-state index contributed by atoms with van der Waals surface area (Å²) in [6.07, 6.45) is 1.49. The largest absolute Gasteiger partial charge is 0.365 e. The minimum atomic E-state index is -2.53. The van der Waals surface area contributed by atoms with Crippen LogP contribution in [0.25, 0.3) is 0 Å². The van der Waals surface area contributed by atoms with Gasteiger partial charge in [-0.25, -0.2) is 8.78 Å². The molecule has 3 heteroatoms. The number of alkyl halides is 2. The first-order valence-electron chi connectivity index (χ1n) is 5.83. The number of anilines is 1. The first kappa shape index (κ1) is 11.4. The zero-order valence-electron chi connectivity index (χ0n) is 9.55. The summed E-state index contributed by atoms with van der Waals surface area (Å²) in [7, 11) is 0. The Kier molecular flexibility index (Phi) is 3.13. The van der Waals surface area contributed by atoms with Crippen LogP contribution in [-0.4, -0.2) is 19.0 Å². The SMILES string of the molecule is CCc1ccccc1N1CCCC(F)(F)C1. The molecule has 0 saturated carbocycles.